The maximum atomic E-state index is 14.6. The molecule has 12 heteroatoms. The van der Waals surface area contributed by atoms with Crippen LogP contribution < -0.4 is 5.32 Å². The van der Waals surface area contributed by atoms with Gasteiger partial charge in [-0.1, -0.05) is 37.0 Å². The van der Waals surface area contributed by atoms with E-state index in [2.05, 4.69) is 4.98 Å². The first-order chi connectivity index (χ1) is 15.8. The van der Waals surface area contributed by atoms with Gasteiger partial charge in [0.25, 0.3) is 5.66 Å². The molecule has 0 saturated carbocycles. The van der Waals surface area contributed by atoms with Crippen molar-refractivity contribution in [3.63, 3.8) is 0 Å². The molecular formula is C22H23Cl2F3N4O3. The monoisotopic (exact) mass is 518 g/mol. The standard InChI is InChI=1S/C22H23Cl2F3N4O3/c1-11(2)7-19(33)30-5-3-12(4-6-30)20(34)29-21(22(25,26)27)17(32)10-18-28-15-8-13(23)14(24)9-16(15)31(18)21/h8-9,11-12H,3-7,10H2,1-2H3,(H,29,34). The van der Waals surface area contributed by atoms with Crippen LogP contribution in [0.15, 0.2) is 12.1 Å². The third kappa shape index (κ3) is 4.04. The summed E-state index contributed by atoms with van der Waals surface area (Å²) in [6, 6.07) is 2.53. The molecule has 2 aromatic rings. The Labute approximate surface area is 203 Å². The Balaban J connectivity index is 1.64. The molecule has 0 radical (unpaired) electrons. The molecule has 1 fully saturated rings. The van der Waals surface area contributed by atoms with Crippen molar-refractivity contribution in [3.05, 3.63) is 28.0 Å². The molecule has 1 aromatic carbocycles. The number of piperidine rings is 1. The van der Waals surface area contributed by atoms with Gasteiger partial charge in [0.05, 0.1) is 27.5 Å². The number of hydrogen-bond acceptors (Lipinski definition) is 4. The molecule has 184 valence electrons. The summed E-state index contributed by atoms with van der Waals surface area (Å²) < 4.78 is 44.4. The topological polar surface area (TPSA) is 84.3 Å². The summed E-state index contributed by atoms with van der Waals surface area (Å²) in [5, 5.41) is 2.13. The lowest BCUT2D eigenvalue weighted by Crippen LogP contribution is -2.64. The minimum atomic E-state index is -5.14. The number of Topliss-reactive ketones (excluding diaryl/α,β-unsaturated/α-hetero) is 1. The van der Waals surface area contributed by atoms with Gasteiger partial charge in [-0.2, -0.15) is 13.2 Å². The molecule has 1 N–H and O–H groups in total. The van der Waals surface area contributed by atoms with Gasteiger partial charge in [-0.3, -0.25) is 19.0 Å². The molecule has 34 heavy (non-hydrogen) atoms. The van der Waals surface area contributed by atoms with Gasteiger partial charge in [-0.25, -0.2) is 4.98 Å². The Kier molecular flexibility index (Phi) is 6.35. The molecule has 1 saturated heterocycles. The average Bonchev–Trinajstić information content (AvgIpc) is 3.21. The van der Waals surface area contributed by atoms with Crippen molar-refractivity contribution >= 4 is 51.8 Å². The molecule has 7 nitrogen and oxygen atoms in total. The van der Waals surface area contributed by atoms with Crippen molar-refractivity contribution in [3.8, 4) is 0 Å². The number of likely N-dealkylation sites (tertiary alicyclic amines) is 1. The molecule has 3 heterocycles. The number of carbonyl (C=O) groups excluding carboxylic acids is 3. The van der Waals surface area contributed by atoms with E-state index in [0.29, 0.717) is 11.0 Å². The molecule has 2 aliphatic heterocycles. The van der Waals surface area contributed by atoms with Crippen molar-refractivity contribution in [1.29, 1.82) is 0 Å². The number of imidazole rings is 1. The highest BCUT2D eigenvalue weighted by atomic mass is 35.5. The van der Waals surface area contributed by atoms with Crippen LogP contribution in [0.25, 0.3) is 11.0 Å². The van der Waals surface area contributed by atoms with Gasteiger partial charge in [-0.15, -0.1) is 0 Å². The van der Waals surface area contributed by atoms with Gasteiger partial charge in [0.2, 0.25) is 11.8 Å². The van der Waals surface area contributed by atoms with Crippen molar-refractivity contribution in [1.82, 2.24) is 19.8 Å². The number of carbonyl (C=O) groups is 3. The molecule has 0 aliphatic carbocycles. The van der Waals surface area contributed by atoms with E-state index in [9.17, 15) is 27.6 Å². The summed E-state index contributed by atoms with van der Waals surface area (Å²) in [5.41, 5.74) is -3.21. The number of benzene rings is 1. The summed E-state index contributed by atoms with van der Waals surface area (Å²) in [5.74, 6) is -2.89. The fourth-order valence-electron chi connectivity index (χ4n) is 4.64. The predicted octanol–water partition coefficient (Wildman–Crippen LogP) is 4.08. The first-order valence-electron chi connectivity index (χ1n) is 10.9. The summed E-state index contributed by atoms with van der Waals surface area (Å²) in [6.07, 6.45) is -4.97. The molecule has 2 aliphatic rings. The maximum absolute atomic E-state index is 14.6. The Morgan fingerprint density at radius 3 is 2.41 bits per heavy atom. The first-order valence-corrected chi connectivity index (χ1v) is 11.7. The van der Waals surface area contributed by atoms with Crippen LogP contribution in [-0.2, 0) is 26.5 Å². The number of ketones is 1. The predicted molar refractivity (Wildman–Crippen MR) is 119 cm³/mol. The van der Waals surface area contributed by atoms with Crippen molar-refractivity contribution < 1.29 is 27.6 Å². The number of alkyl halides is 3. The number of aromatic nitrogens is 2. The number of hydrogen-bond donors (Lipinski definition) is 1. The summed E-state index contributed by atoms with van der Waals surface area (Å²) in [4.78, 5) is 43.9. The van der Waals surface area contributed by atoms with Crippen molar-refractivity contribution in [2.24, 2.45) is 11.8 Å². The normalized spacial score (nSPS) is 21.4. The Morgan fingerprint density at radius 1 is 1.21 bits per heavy atom. The summed E-state index contributed by atoms with van der Waals surface area (Å²) >= 11 is 12.0. The summed E-state index contributed by atoms with van der Waals surface area (Å²) in [7, 11) is 0. The molecule has 1 aromatic heterocycles. The Bertz CT molecular complexity index is 1170. The number of rotatable bonds is 4. The largest absolute Gasteiger partial charge is 0.438 e. The van der Waals surface area contributed by atoms with Crippen LogP contribution in [0.2, 0.25) is 10.0 Å². The quantitative estimate of drug-likeness (QED) is 0.660. The zero-order valence-electron chi connectivity index (χ0n) is 18.5. The second kappa shape index (κ2) is 8.71. The molecule has 1 atom stereocenters. The highest BCUT2D eigenvalue weighted by Crippen LogP contribution is 2.44. The van der Waals surface area contributed by atoms with E-state index in [-0.39, 0.29) is 64.7 Å². The van der Waals surface area contributed by atoms with Crippen LogP contribution >= 0.6 is 23.2 Å². The smallest absolute Gasteiger partial charge is 0.343 e. The molecule has 0 spiro atoms. The third-order valence-corrected chi connectivity index (χ3v) is 7.06. The third-order valence-electron chi connectivity index (χ3n) is 6.34. The molecule has 0 bridgehead atoms. The number of amides is 2. The van der Waals surface area contributed by atoms with Gasteiger partial charge >= 0.3 is 6.18 Å². The van der Waals surface area contributed by atoms with Crippen LogP contribution in [0, 0.1) is 11.8 Å². The van der Waals surface area contributed by atoms with E-state index in [0.717, 1.165) is 0 Å². The number of fused-ring (bicyclic) bond motifs is 3. The van der Waals surface area contributed by atoms with E-state index in [1.807, 2.05) is 19.2 Å². The van der Waals surface area contributed by atoms with Gasteiger partial charge in [-0.05, 0) is 30.9 Å². The number of halogens is 5. The first kappa shape index (κ1) is 24.8. The van der Waals surface area contributed by atoms with E-state index in [1.54, 1.807) is 4.90 Å². The number of nitrogens with one attached hydrogen (secondary N) is 1. The Morgan fingerprint density at radius 2 is 1.82 bits per heavy atom. The van der Waals surface area contributed by atoms with Crippen molar-refractivity contribution in [2.75, 3.05) is 13.1 Å². The van der Waals surface area contributed by atoms with Crippen LogP contribution in [0.1, 0.15) is 38.9 Å². The SMILES string of the molecule is CC(C)CC(=O)N1CCC(C(=O)NC2(C(F)(F)F)C(=O)Cc3nc4cc(Cl)c(Cl)cc4n32)CC1. The lowest BCUT2D eigenvalue weighted by Gasteiger charge is -2.36. The fraction of sp³-hybridized carbons (Fsp3) is 0.545. The van der Waals surface area contributed by atoms with Gasteiger partial charge in [0.15, 0.2) is 5.78 Å². The minimum absolute atomic E-state index is 0.00273. The second-order valence-electron chi connectivity index (χ2n) is 9.17. The van der Waals surface area contributed by atoms with Crippen LogP contribution in [0.5, 0.6) is 0 Å². The van der Waals surface area contributed by atoms with Crippen LogP contribution in [0.4, 0.5) is 13.2 Å². The highest BCUT2D eigenvalue weighted by Gasteiger charge is 2.67. The lowest BCUT2D eigenvalue weighted by molar-refractivity contribution is -0.219. The number of nitrogens with zero attached hydrogens (tertiary/aromatic N) is 3. The van der Waals surface area contributed by atoms with E-state index >= 15 is 0 Å². The van der Waals surface area contributed by atoms with Gasteiger partial charge < -0.3 is 10.2 Å². The van der Waals surface area contributed by atoms with E-state index in [4.69, 9.17) is 23.2 Å². The molecule has 4 rings (SSSR count). The second-order valence-corrected chi connectivity index (χ2v) is 9.98. The molecule has 2 amide bonds. The van der Waals surface area contributed by atoms with Crippen LogP contribution in [0.3, 0.4) is 0 Å². The van der Waals surface area contributed by atoms with E-state index in [1.165, 1.54) is 12.1 Å². The maximum Gasteiger partial charge on any atom is 0.438 e. The summed E-state index contributed by atoms with van der Waals surface area (Å²) in [6.45, 7) is 4.37. The van der Waals surface area contributed by atoms with Gasteiger partial charge in [0, 0.05) is 25.4 Å². The zero-order chi connectivity index (χ0) is 25.0. The lowest BCUT2D eigenvalue weighted by atomic mass is 9.93. The molecular weight excluding hydrogens is 496 g/mol. The fourth-order valence-corrected chi connectivity index (χ4v) is 4.96. The van der Waals surface area contributed by atoms with Crippen LogP contribution in [-0.4, -0.2) is 51.3 Å². The molecule has 1 unspecified atom stereocenters. The zero-order valence-corrected chi connectivity index (χ0v) is 20.0. The highest BCUT2D eigenvalue weighted by molar-refractivity contribution is 6.42. The minimum Gasteiger partial charge on any atom is -0.343 e. The Hall–Kier alpha value is -2.33. The average molecular weight is 519 g/mol. The van der Waals surface area contributed by atoms with E-state index < -0.39 is 35.9 Å². The van der Waals surface area contributed by atoms with Gasteiger partial charge in [0.1, 0.15) is 5.82 Å². The van der Waals surface area contributed by atoms with Crippen molar-refractivity contribution in [2.45, 2.75) is 51.4 Å².